The molecule has 24 N–H and O–H groups in total. The van der Waals surface area contributed by atoms with Crippen molar-refractivity contribution in [1.29, 1.82) is 0 Å². The number of hydrogen-bond acceptors (Lipinski definition) is 34. The molecule has 4 atom stereocenters. The highest BCUT2D eigenvalue weighted by Gasteiger charge is 2.29. The summed E-state index contributed by atoms with van der Waals surface area (Å²) in [6.07, 6.45) is 28.6. The summed E-state index contributed by atoms with van der Waals surface area (Å²) in [5, 5.41) is 0.402. The highest BCUT2D eigenvalue weighted by atomic mass is 35.5. The Kier molecular flexibility index (Phi) is 28.2. The number of rotatable bonds is 20. The summed E-state index contributed by atoms with van der Waals surface area (Å²) in [7, 11) is 0. The number of nitrogen functional groups attached to an aromatic ring is 8. The zero-order chi connectivity index (χ0) is 87.0. The van der Waals surface area contributed by atoms with Crippen LogP contribution in [0.4, 0.5) is 73.4 Å². The Hall–Kier alpha value is -14.0. The molecule has 12 aromatic rings. The zero-order valence-corrected chi connectivity index (χ0v) is 68.7. The average molecular weight is 1680 g/mol. The van der Waals surface area contributed by atoms with Gasteiger partial charge in [0.1, 0.15) is 34.4 Å². The number of ketones is 4. The molecule has 4 saturated heterocycles. The van der Waals surface area contributed by atoms with Crippen LogP contribution in [0.25, 0.3) is 45.0 Å². The predicted molar refractivity (Wildman–Crippen MR) is 477 cm³/mol. The van der Waals surface area contributed by atoms with E-state index >= 15 is 0 Å². The summed E-state index contributed by atoms with van der Waals surface area (Å²) in [5.74, 6) is -0.826. The number of aromatic nitrogens is 14. The molecular formula is C87H98ClFN30O4. The summed E-state index contributed by atoms with van der Waals surface area (Å²) < 4.78 is 13.3. The standard InChI is InChI=1S/C22H24ClN7O.C22H24FN7O.C22H26N8O.C21H24N8O/c23-16-9-21(26)28-11-15(16)18-4-3-17(25)22(29-18)20(31)8-13-10-27-6-5-19(13)30-7-1-2-14(24)12-30;23-20-6-3-15(22(26)29-20)17-5-4-16(25)21(28-17)19(31)10-13-11-27-8-7-18(13)30-9-1-2-14(24)12-30;1-13-16(11-27-22(25)28-13)18-5-4-17(24)21(29-18)20(31)9-14-10-26-7-6-19(14)30-8-2-3-15(23)12-30;22-15-2-1-7-29(12-15)18-5-6-25-9-13(18)8-19(30)20-16(23)3-4-17(28-20)14-10-26-21(24)27-11-14/h3-6,9-11,14H,1-2,7-8,12,24-25H2,(H2,26,28);3-8,11,14H,1-2,9-10,12,24-25H2,(H2,26,29);4-7,10-11,15H,2-3,8-9,12,23-24H2,1H3,(H2,25,27,28);3-6,9-11,15H,1-2,7-8,12,22-23H2,(H2,24,26,27)/t2*14-;2*15-/m0000/s1. The maximum absolute atomic E-state index is 13.3. The van der Waals surface area contributed by atoms with Crippen molar-refractivity contribution in [3.05, 3.63) is 227 Å². The van der Waals surface area contributed by atoms with Crippen LogP contribution in [-0.4, -0.2) is 169 Å². The number of pyridine rings is 10. The van der Waals surface area contributed by atoms with Crippen molar-refractivity contribution in [2.24, 2.45) is 22.9 Å². The van der Waals surface area contributed by atoms with E-state index in [2.05, 4.69) is 89.4 Å². The maximum Gasteiger partial charge on any atom is 0.220 e. The smallest absolute Gasteiger partial charge is 0.220 e. The van der Waals surface area contributed by atoms with Gasteiger partial charge >= 0.3 is 0 Å². The van der Waals surface area contributed by atoms with Crippen LogP contribution in [0.5, 0.6) is 0 Å². The van der Waals surface area contributed by atoms with Gasteiger partial charge in [0.2, 0.25) is 17.8 Å². The quantitative estimate of drug-likeness (QED) is 0.0253. The third-order valence-corrected chi connectivity index (χ3v) is 21.7. The molecule has 0 aromatic carbocycles. The Morgan fingerprint density at radius 1 is 0.382 bits per heavy atom. The number of carbonyl (C=O) groups is 4. The van der Waals surface area contributed by atoms with E-state index in [1.54, 1.807) is 123 Å². The maximum atomic E-state index is 13.3. The van der Waals surface area contributed by atoms with Crippen LogP contribution in [0.15, 0.2) is 165 Å². The minimum atomic E-state index is -0.686. The molecule has 4 aliphatic rings. The number of carbonyl (C=O) groups excluding carboxylic acids is 4. The second-order valence-corrected chi connectivity index (χ2v) is 31.0. The number of Topliss-reactive ketones (excluding diaryl/α,β-unsaturated/α-hetero) is 4. The fourth-order valence-corrected chi connectivity index (χ4v) is 15.5. The van der Waals surface area contributed by atoms with E-state index in [-0.39, 0.29) is 119 Å². The lowest BCUT2D eigenvalue weighted by molar-refractivity contribution is 0.0981. The van der Waals surface area contributed by atoms with Crippen molar-refractivity contribution in [2.75, 3.05) is 118 Å². The summed E-state index contributed by atoms with van der Waals surface area (Å²) in [4.78, 5) is 120. The van der Waals surface area contributed by atoms with Crippen LogP contribution < -0.4 is 88.4 Å². The van der Waals surface area contributed by atoms with Crippen molar-refractivity contribution in [2.45, 2.75) is 108 Å². The SMILES string of the molecule is Cc1nc(N)ncc1-c1ccc(N)c(C(=O)Cc2cnccc2N2CCC[C@H](N)C2)n1.Nc1cc(Cl)c(-c2ccc(N)c(C(=O)Cc3cnccc3N3CCC[C@H](N)C3)n2)cn1.Nc1ccc(-c2ccc(F)nc2N)nc1C(=O)Cc1cnccc1N1CCC[C@H](N)C1.Nc1ncc(-c2ccc(N)c(C(=O)Cc3cnccc3N3CCC[C@H](N)C3)n2)cn1. The summed E-state index contributed by atoms with van der Waals surface area (Å²) in [5.41, 5.74) is 85.8. The fourth-order valence-electron chi connectivity index (χ4n) is 15.3. The molecule has 12 aromatic heterocycles. The molecular weight excluding hydrogens is 1580 g/mol. The van der Waals surface area contributed by atoms with Crippen LogP contribution >= 0.6 is 11.6 Å². The third kappa shape index (κ3) is 22.0. The van der Waals surface area contributed by atoms with Crippen molar-refractivity contribution in [1.82, 2.24) is 69.8 Å². The molecule has 0 saturated carbocycles. The first-order chi connectivity index (χ1) is 59.3. The van der Waals surface area contributed by atoms with E-state index < -0.39 is 5.95 Å². The van der Waals surface area contributed by atoms with Crippen molar-refractivity contribution in [3.8, 4) is 45.0 Å². The normalized spacial score (nSPS) is 16.3. The Balaban J connectivity index is 0.000000141. The number of halogens is 2. The lowest BCUT2D eigenvalue weighted by atomic mass is 10.0. The number of nitrogens with zero attached hydrogens (tertiary/aromatic N) is 18. The second kappa shape index (κ2) is 39.9. The van der Waals surface area contributed by atoms with Crippen molar-refractivity contribution >= 4 is 104 Å². The van der Waals surface area contributed by atoms with Crippen molar-refractivity contribution < 1.29 is 23.6 Å². The van der Waals surface area contributed by atoms with E-state index in [0.29, 0.717) is 78.6 Å². The minimum absolute atomic E-state index is 0.00773. The summed E-state index contributed by atoms with van der Waals surface area (Å²) in [6, 6.07) is 25.8. The second-order valence-electron chi connectivity index (χ2n) is 30.6. The first-order valence-corrected chi connectivity index (χ1v) is 40.6. The van der Waals surface area contributed by atoms with E-state index in [9.17, 15) is 23.6 Å². The minimum Gasteiger partial charge on any atom is -0.397 e. The van der Waals surface area contributed by atoms with Gasteiger partial charge in [0.05, 0.1) is 56.2 Å². The monoisotopic (exact) mass is 1680 g/mol. The molecule has 0 amide bonds. The van der Waals surface area contributed by atoms with Gasteiger partial charge in [0, 0.05) is 244 Å². The van der Waals surface area contributed by atoms with Gasteiger partial charge in [0.15, 0.2) is 23.1 Å². The zero-order valence-electron chi connectivity index (χ0n) is 67.9. The number of anilines is 12. The molecule has 123 heavy (non-hydrogen) atoms. The molecule has 634 valence electrons. The molecule has 34 nitrogen and oxygen atoms in total. The molecule has 0 aliphatic carbocycles. The summed E-state index contributed by atoms with van der Waals surface area (Å²) in [6.45, 7) is 8.43. The highest BCUT2D eigenvalue weighted by Crippen LogP contribution is 2.35. The number of hydrogen-bond donors (Lipinski definition) is 12. The van der Waals surface area contributed by atoms with Crippen LogP contribution in [0.3, 0.4) is 0 Å². The predicted octanol–water partition coefficient (Wildman–Crippen LogP) is 8.11. The van der Waals surface area contributed by atoms with Gasteiger partial charge in [-0.05, 0) is 149 Å². The molecule has 4 fully saturated rings. The molecule has 36 heteroatoms. The van der Waals surface area contributed by atoms with Gasteiger partial charge in [-0.15, -0.1) is 0 Å². The molecule has 16 rings (SSSR count). The third-order valence-electron chi connectivity index (χ3n) is 21.4. The van der Waals surface area contributed by atoms with Gasteiger partial charge in [0.25, 0.3) is 0 Å². The van der Waals surface area contributed by atoms with Gasteiger partial charge in [-0.1, -0.05) is 11.6 Å². The largest absolute Gasteiger partial charge is 0.397 e. The van der Waals surface area contributed by atoms with E-state index in [4.69, 9.17) is 80.4 Å². The van der Waals surface area contributed by atoms with Crippen LogP contribution in [0.1, 0.15) is 121 Å². The average Bonchev–Trinajstić information content (AvgIpc) is 0.810. The number of piperidine rings is 4. The Labute approximate surface area is 714 Å². The Morgan fingerprint density at radius 2 is 0.715 bits per heavy atom. The van der Waals surface area contributed by atoms with Gasteiger partial charge < -0.3 is 88.4 Å². The van der Waals surface area contributed by atoms with Gasteiger partial charge in [-0.2, -0.15) is 4.39 Å². The van der Waals surface area contributed by atoms with Crippen LogP contribution in [0, 0.1) is 12.9 Å². The van der Waals surface area contributed by atoms with E-state index in [1.807, 2.05) is 31.2 Å². The fraction of sp³-hybridized carbons (Fsp3) is 0.287. The molecule has 0 unspecified atom stereocenters. The van der Waals surface area contributed by atoms with Crippen molar-refractivity contribution in [3.63, 3.8) is 0 Å². The Bertz CT molecular complexity index is 5400. The van der Waals surface area contributed by atoms with Gasteiger partial charge in [-0.3, -0.25) is 39.1 Å². The number of nitrogens with two attached hydrogens (primary N) is 12. The van der Waals surface area contributed by atoms with Gasteiger partial charge in [-0.25, -0.2) is 49.8 Å². The Morgan fingerprint density at radius 3 is 1.07 bits per heavy atom. The van der Waals surface area contributed by atoms with Crippen LogP contribution in [-0.2, 0) is 25.7 Å². The molecule has 0 bridgehead atoms. The summed E-state index contributed by atoms with van der Waals surface area (Å²) >= 11 is 6.28. The lowest BCUT2D eigenvalue weighted by Crippen LogP contribution is -2.43. The highest BCUT2D eigenvalue weighted by molar-refractivity contribution is 6.33. The topological polar surface area (TPSA) is 574 Å². The number of aryl methyl sites for hydroxylation is 1. The van der Waals surface area contributed by atoms with E-state index in [0.717, 1.165) is 149 Å². The molecule has 0 radical (unpaired) electrons. The van der Waals surface area contributed by atoms with E-state index in [1.165, 1.54) is 18.3 Å². The molecule has 0 spiro atoms. The first kappa shape index (κ1) is 86.8. The lowest BCUT2D eigenvalue weighted by Gasteiger charge is -2.33. The first-order valence-electron chi connectivity index (χ1n) is 40.2. The molecule has 16 heterocycles. The molecule has 4 aliphatic heterocycles. The van der Waals surface area contributed by atoms with Crippen LogP contribution in [0.2, 0.25) is 5.02 Å².